The smallest absolute Gasteiger partial charge is 0.271 e. The molecule has 1 N–H and O–H groups in total. The minimum atomic E-state index is -0.157. The molecule has 0 aliphatic rings. The zero-order valence-corrected chi connectivity index (χ0v) is 15.5. The van der Waals surface area contributed by atoms with E-state index in [2.05, 4.69) is 31.2 Å². The average Bonchev–Trinajstić information content (AvgIpc) is 3.03. The molecular weight excluding hydrogens is 334 g/mol. The lowest BCUT2D eigenvalue weighted by molar-refractivity contribution is 0.0947. The van der Waals surface area contributed by atoms with Crippen LogP contribution in [0.3, 0.4) is 0 Å². The maximum absolute atomic E-state index is 12.5. The van der Waals surface area contributed by atoms with Crippen LogP contribution in [-0.4, -0.2) is 22.1 Å². The first kappa shape index (κ1) is 17.5. The first-order valence-electron chi connectivity index (χ1n) is 8.36. The van der Waals surface area contributed by atoms with Crippen molar-refractivity contribution in [2.45, 2.75) is 32.6 Å². The van der Waals surface area contributed by atoms with E-state index in [1.807, 2.05) is 48.7 Å². The molecule has 0 aliphatic carbocycles. The molecule has 0 aliphatic heterocycles. The second-order valence-electron chi connectivity index (χ2n) is 7.16. The van der Waals surface area contributed by atoms with Gasteiger partial charge in [0, 0.05) is 17.8 Å². The van der Waals surface area contributed by atoms with Gasteiger partial charge in [0.15, 0.2) is 0 Å². The molecule has 2 aromatic heterocycles. The molecule has 1 amide bonds. The number of carbonyl (C=O) groups is 1. The zero-order valence-electron chi connectivity index (χ0n) is 14.7. The Labute approximate surface area is 152 Å². The molecule has 0 radical (unpaired) electrons. The van der Waals surface area contributed by atoms with Gasteiger partial charge in [-0.25, -0.2) is 4.52 Å². The number of hydrogen-bond acceptors (Lipinski definition) is 2. The summed E-state index contributed by atoms with van der Waals surface area (Å²) in [5.74, 6) is -0.157. The lowest BCUT2D eigenvalue weighted by Crippen LogP contribution is -2.28. The van der Waals surface area contributed by atoms with E-state index in [1.54, 1.807) is 4.52 Å². The second-order valence-corrected chi connectivity index (χ2v) is 7.60. The van der Waals surface area contributed by atoms with Crippen LogP contribution in [0.4, 0.5) is 0 Å². The van der Waals surface area contributed by atoms with Crippen molar-refractivity contribution in [2.24, 2.45) is 0 Å². The number of hydrogen-bond donors (Lipinski definition) is 1. The monoisotopic (exact) mass is 355 g/mol. The largest absolute Gasteiger partial charge is 0.350 e. The summed E-state index contributed by atoms with van der Waals surface area (Å²) in [4.78, 5) is 12.5. The molecule has 0 atom stereocenters. The van der Waals surface area contributed by atoms with E-state index in [-0.39, 0.29) is 11.3 Å². The number of benzene rings is 1. The van der Waals surface area contributed by atoms with Crippen molar-refractivity contribution in [3.63, 3.8) is 0 Å². The van der Waals surface area contributed by atoms with Crippen LogP contribution in [0.25, 0.3) is 5.52 Å². The number of nitrogens with one attached hydrogen (secondary N) is 1. The Kier molecular flexibility index (Phi) is 4.82. The molecule has 130 valence electrons. The van der Waals surface area contributed by atoms with E-state index in [0.29, 0.717) is 17.3 Å². The van der Waals surface area contributed by atoms with Gasteiger partial charge in [-0.3, -0.25) is 4.79 Å². The quantitative estimate of drug-likeness (QED) is 0.760. The van der Waals surface area contributed by atoms with E-state index in [1.165, 1.54) is 0 Å². The molecular formula is C20H22ClN3O. The predicted octanol–water partition coefficient (Wildman–Crippen LogP) is 4.26. The maximum atomic E-state index is 12.5. The van der Waals surface area contributed by atoms with Gasteiger partial charge in [-0.1, -0.05) is 44.5 Å². The third-order valence-corrected chi connectivity index (χ3v) is 4.41. The van der Waals surface area contributed by atoms with Crippen molar-refractivity contribution in [2.75, 3.05) is 6.54 Å². The molecule has 0 spiro atoms. The third kappa shape index (κ3) is 4.02. The fourth-order valence-electron chi connectivity index (χ4n) is 2.80. The summed E-state index contributed by atoms with van der Waals surface area (Å²) >= 11 is 5.89. The number of rotatable bonds is 4. The van der Waals surface area contributed by atoms with Gasteiger partial charge in [0.25, 0.3) is 5.91 Å². The van der Waals surface area contributed by atoms with Crippen LogP contribution in [0.15, 0.2) is 48.7 Å². The van der Waals surface area contributed by atoms with Crippen molar-refractivity contribution in [3.05, 3.63) is 70.5 Å². The zero-order chi connectivity index (χ0) is 18.0. The molecule has 0 unspecified atom stereocenters. The SMILES string of the molecule is CC(C)(C)c1cc(C(=O)NCCc2ccc(Cl)cc2)nn2cccc12. The summed E-state index contributed by atoms with van der Waals surface area (Å²) in [6, 6.07) is 13.5. The van der Waals surface area contributed by atoms with E-state index >= 15 is 0 Å². The van der Waals surface area contributed by atoms with Gasteiger partial charge in [-0.05, 0) is 53.3 Å². The Morgan fingerprint density at radius 1 is 1.20 bits per heavy atom. The van der Waals surface area contributed by atoms with E-state index < -0.39 is 0 Å². The highest BCUT2D eigenvalue weighted by molar-refractivity contribution is 6.30. The number of amides is 1. The van der Waals surface area contributed by atoms with Gasteiger partial charge in [-0.15, -0.1) is 0 Å². The molecule has 25 heavy (non-hydrogen) atoms. The van der Waals surface area contributed by atoms with Crippen molar-refractivity contribution < 1.29 is 4.79 Å². The summed E-state index contributed by atoms with van der Waals surface area (Å²) in [5, 5.41) is 8.10. The minimum absolute atomic E-state index is 0.0686. The van der Waals surface area contributed by atoms with Crippen LogP contribution < -0.4 is 5.32 Å². The minimum Gasteiger partial charge on any atom is -0.350 e. The maximum Gasteiger partial charge on any atom is 0.271 e. The van der Waals surface area contributed by atoms with Crippen molar-refractivity contribution in [3.8, 4) is 0 Å². The first-order chi connectivity index (χ1) is 11.8. The summed E-state index contributed by atoms with van der Waals surface area (Å²) in [6.07, 6.45) is 2.62. The first-order valence-corrected chi connectivity index (χ1v) is 8.74. The second kappa shape index (κ2) is 6.89. The molecule has 3 rings (SSSR count). The Hall–Kier alpha value is -2.33. The van der Waals surface area contributed by atoms with Gasteiger partial charge >= 0.3 is 0 Å². The summed E-state index contributed by atoms with van der Waals surface area (Å²) in [5.41, 5.74) is 3.64. The molecule has 0 fully saturated rings. The van der Waals surface area contributed by atoms with Crippen molar-refractivity contribution in [1.82, 2.24) is 14.9 Å². The average molecular weight is 356 g/mol. The van der Waals surface area contributed by atoms with Crippen LogP contribution in [0.2, 0.25) is 5.02 Å². The van der Waals surface area contributed by atoms with E-state index in [4.69, 9.17) is 11.6 Å². The third-order valence-electron chi connectivity index (χ3n) is 4.15. The van der Waals surface area contributed by atoms with Gasteiger partial charge in [0.1, 0.15) is 5.69 Å². The summed E-state index contributed by atoms with van der Waals surface area (Å²) in [6.45, 7) is 6.96. The van der Waals surface area contributed by atoms with Crippen LogP contribution in [-0.2, 0) is 11.8 Å². The van der Waals surface area contributed by atoms with Crippen LogP contribution in [0.5, 0.6) is 0 Å². The Bertz CT molecular complexity index is 891. The van der Waals surface area contributed by atoms with Gasteiger partial charge in [-0.2, -0.15) is 5.10 Å². The molecule has 5 heteroatoms. The van der Waals surface area contributed by atoms with Gasteiger partial charge in [0.05, 0.1) is 5.52 Å². The Morgan fingerprint density at radius 3 is 2.60 bits per heavy atom. The number of carbonyl (C=O) groups excluding carboxylic acids is 1. The summed E-state index contributed by atoms with van der Waals surface area (Å²) < 4.78 is 1.77. The van der Waals surface area contributed by atoms with Crippen LogP contribution >= 0.6 is 11.6 Å². The number of nitrogens with zero attached hydrogens (tertiary/aromatic N) is 2. The lowest BCUT2D eigenvalue weighted by atomic mass is 9.86. The molecule has 3 aromatic rings. The molecule has 1 aromatic carbocycles. The predicted molar refractivity (Wildman–Crippen MR) is 101 cm³/mol. The fourth-order valence-corrected chi connectivity index (χ4v) is 2.93. The lowest BCUT2D eigenvalue weighted by Gasteiger charge is -2.21. The van der Waals surface area contributed by atoms with E-state index in [9.17, 15) is 4.79 Å². The van der Waals surface area contributed by atoms with Gasteiger partial charge < -0.3 is 5.32 Å². The van der Waals surface area contributed by atoms with Crippen LogP contribution in [0, 0.1) is 0 Å². The van der Waals surface area contributed by atoms with Crippen LogP contribution in [0.1, 0.15) is 42.4 Å². The van der Waals surface area contributed by atoms with Crippen molar-refractivity contribution in [1.29, 1.82) is 0 Å². The fraction of sp³-hybridized carbons (Fsp3) is 0.300. The standard InChI is InChI=1S/C20H22ClN3O/c1-20(2,3)16-13-17(23-24-12-4-5-18(16)24)19(25)22-11-10-14-6-8-15(21)9-7-14/h4-9,12-13H,10-11H2,1-3H3,(H,22,25). The number of halogens is 1. The Balaban J connectivity index is 1.74. The van der Waals surface area contributed by atoms with Gasteiger partial charge in [0.2, 0.25) is 0 Å². The van der Waals surface area contributed by atoms with E-state index in [0.717, 1.165) is 23.1 Å². The molecule has 4 nitrogen and oxygen atoms in total. The topological polar surface area (TPSA) is 46.4 Å². The highest BCUT2D eigenvalue weighted by Gasteiger charge is 2.21. The number of aromatic nitrogens is 2. The normalized spacial score (nSPS) is 11.7. The van der Waals surface area contributed by atoms with Crippen molar-refractivity contribution >= 4 is 23.0 Å². The molecule has 0 bridgehead atoms. The molecule has 2 heterocycles. The Morgan fingerprint density at radius 2 is 1.92 bits per heavy atom. The molecule has 0 saturated carbocycles. The molecule has 0 saturated heterocycles. The highest BCUT2D eigenvalue weighted by atomic mass is 35.5. The highest BCUT2D eigenvalue weighted by Crippen LogP contribution is 2.27. The number of fused-ring (bicyclic) bond motifs is 1. The summed E-state index contributed by atoms with van der Waals surface area (Å²) in [7, 11) is 0.